The summed E-state index contributed by atoms with van der Waals surface area (Å²) >= 11 is 0. The van der Waals surface area contributed by atoms with E-state index in [0.717, 1.165) is 5.19 Å². The monoisotopic (exact) mass is 315 g/mol. The zero-order chi connectivity index (χ0) is 16.8. The van der Waals surface area contributed by atoms with Gasteiger partial charge >= 0.3 is 5.97 Å². The van der Waals surface area contributed by atoms with Crippen LogP contribution in [0.2, 0.25) is 19.6 Å². The highest BCUT2D eigenvalue weighted by molar-refractivity contribution is 6.89. The Morgan fingerprint density at radius 2 is 1.41 bits per heavy atom. The van der Waals surface area contributed by atoms with Crippen LogP contribution in [0.1, 0.15) is 20.7 Å². The van der Waals surface area contributed by atoms with E-state index >= 15 is 0 Å². The summed E-state index contributed by atoms with van der Waals surface area (Å²) in [6, 6.07) is 15.9. The van der Waals surface area contributed by atoms with Gasteiger partial charge in [-0.3, -0.25) is 4.79 Å². The topological polar surface area (TPSA) is 80.4 Å². The van der Waals surface area contributed by atoms with Crippen molar-refractivity contribution in [3.63, 3.8) is 0 Å². The summed E-state index contributed by atoms with van der Waals surface area (Å²) in [7, 11) is -1.44. The molecule has 0 radical (unpaired) electrons. The van der Waals surface area contributed by atoms with Gasteiger partial charge in [0.1, 0.15) is 0 Å². The van der Waals surface area contributed by atoms with Crippen LogP contribution in [0.4, 0.5) is 0 Å². The molecule has 0 atom stereocenters. The van der Waals surface area contributed by atoms with E-state index in [9.17, 15) is 9.59 Å². The molecular formula is C17H21NO3Si. The quantitative estimate of drug-likeness (QED) is 0.855. The van der Waals surface area contributed by atoms with Crippen molar-refractivity contribution >= 4 is 25.1 Å². The van der Waals surface area contributed by atoms with Gasteiger partial charge in [-0.25, -0.2) is 4.79 Å². The molecule has 0 unspecified atom stereocenters. The van der Waals surface area contributed by atoms with Gasteiger partial charge < -0.3 is 10.8 Å². The van der Waals surface area contributed by atoms with Gasteiger partial charge in [0, 0.05) is 5.56 Å². The van der Waals surface area contributed by atoms with Crippen molar-refractivity contribution in [2.75, 3.05) is 0 Å². The summed E-state index contributed by atoms with van der Waals surface area (Å²) in [4.78, 5) is 21.3. The number of amides is 1. The number of hydrogen-bond acceptors (Lipinski definition) is 2. The van der Waals surface area contributed by atoms with Crippen molar-refractivity contribution in [1.29, 1.82) is 0 Å². The molecule has 4 nitrogen and oxygen atoms in total. The van der Waals surface area contributed by atoms with E-state index in [1.165, 1.54) is 0 Å². The molecule has 5 heteroatoms. The van der Waals surface area contributed by atoms with Crippen molar-refractivity contribution in [1.82, 2.24) is 0 Å². The van der Waals surface area contributed by atoms with E-state index in [4.69, 9.17) is 10.8 Å². The number of nitrogens with two attached hydrogens (primary N) is 1. The number of rotatable bonds is 3. The number of hydrogen-bond donors (Lipinski definition) is 2. The second-order valence-electron chi connectivity index (χ2n) is 5.83. The Kier molecular flexibility index (Phi) is 6.07. The molecule has 2 rings (SSSR count). The lowest BCUT2D eigenvalue weighted by molar-refractivity contribution is 0.0696. The third kappa shape index (κ3) is 5.18. The Labute approximate surface area is 131 Å². The van der Waals surface area contributed by atoms with E-state index in [2.05, 4.69) is 19.6 Å². The van der Waals surface area contributed by atoms with Crippen molar-refractivity contribution in [2.45, 2.75) is 19.6 Å². The highest BCUT2D eigenvalue weighted by Gasteiger charge is 2.21. The first-order chi connectivity index (χ1) is 10.2. The highest BCUT2D eigenvalue weighted by atomic mass is 28.3. The molecule has 3 N–H and O–H groups in total. The zero-order valence-corrected chi connectivity index (χ0v) is 14.0. The van der Waals surface area contributed by atoms with Crippen molar-refractivity contribution in [3.8, 4) is 0 Å². The van der Waals surface area contributed by atoms with Crippen LogP contribution in [0.25, 0.3) is 0 Å². The number of carbonyl (C=O) groups excluding carboxylic acids is 1. The fourth-order valence-corrected chi connectivity index (χ4v) is 3.54. The maximum Gasteiger partial charge on any atom is 0.335 e. The van der Waals surface area contributed by atoms with Gasteiger partial charge in [-0.15, -0.1) is 0 Å². The van der Waals surface area contributed by atoms with Gasteiger partial charge in [-0.2, -0.15) is 0 Å². The Morgan fingerprint density at radius 3 is 1.77 bits per heavy atom. The number of carbonyl (C=O) groups is 2. The minimum Gasteiger partial charge on any atom is -0.478 e. The van der Waals surface area contributed by atoms with Gasteiger partial charge in [0.15, 0.2) is 0 Å². The number of primary amides is 1. The Morgan fingerprint density at radius 1 is 0.909 bits per heavy atom. The SMILES string of the molecule is C[Si](C)(C)c1ccccc1C(N)=O.O=C(O)c1ccccc1. The first kappa shape index (κ1) is 17.6. The van der Waals surface area contributed by atoms with Crippen LogP contribution in [-0.4, -0.2) is 25.1 Å². The third-order valence-corrected chi connectivity index (χ3v) is 5.07. The Hall–Kier alpha value is -2.40. The van der Waals surface area contributed by atoms with Gasteiger partial charge in [0.2, 0.25) is 5.91 Å². The molecule has 116 valence electrons. The van der Waals surface area contributed by atoms with Crippen LogP contribution in [0.5, 0.6) is 0 Å². The van der Waals surface area contributed by atoms with Gasteiger partial charge in [0.05, 0.1) is 13.6 Å². The summed E-state index contributed by atoms with van der Waals surface area (Å²) in [6.07, 6.45) is 0. The van der Waals surface area contributed by atoms with E-state index < -0.39 is 14.0 Å². The smallest absolute Gasteiger partial charge is 0.335 e. The number of carboxylic acid groups (broad SMARTS) is 1. The molecule has 0 saturated heterocycles. The second kappa shape index (κ2) is 7.56. The van der Waals surface area contributed by atoms with E-state index in [0.29, 0.717) is 11.1 Å². The van der Waals surface area contributed by atoms with Crippen molar-refractivity contribution in [3.05, 3.63) is 65.7 Å². The molecular weight excluding hydrogens is 294 g/mol. The first-order valence-corrected chi connectivity index (χ1v) is 10.4. The molecule has 2 aromatic rings. The van der Waals surface area contributed by atoms with E-state index in [1.807, 2.05) is 18.2 Å². The van der Waals surface area contributed by atoms with Gasteiger partial charge in [0.25, 0.3) is 0 Å². The van der Waals surface area contributed by atoms with Crippen LogP contribution >= 0.6 is 0 Å². The molecule has 0 aliphatic heterocycles. The number of aromatic carboxylic acids is 1. The summed E-state index contributed by atoms with van der Waals surface area (Å²) < 4.78 is 0. The minimum atomic E-state index is -1.44. The Bertz CT molecular complexity index is 648. The van der Waals surface area contributed by atoms with Crippen molar-refractivity contribution < 1.29 is 14.7 Å². The molecule has 0 aliphatic rings. The molecule has 0 aromatic heterocycles. The molecule has 1 amide bonds. The summed E-state index contributed by atoms with van der Waals surface area (Å²) in [5, 5.41) is 9.53. The van der Waals surface area contributed by atoms with E-state index in [-0.39, 0.29) is 5.91 Å². The molecule has 0 aliphatic carbocycles. The lowest BCUT2D eigenvalue weighted by Crippen LogP contribution is -2.42. The molecule has 22 heavy (non-hydrogen) atoms. The zero-order valence-electron chi connectivity index (χ0n) is 13.0. The Balaban J connectivity index is 0.000000235. The lowest BCUT2D eigenvalue weighted by atomic mass is 10.2. The molecule has 0 saturated carbocycles. The molecule has 0 heterocycles. The van der Waals surface area contributed by atoms with Crippen LogP contribution in [-0.2, 0) is 0 Å². The van der Waals surface area contributed by atoms with E-state index in [1.54, 1.807) is 36.4 Å². The lowest BCUT2D eigenvalue weighted by Gasteiger charge is -2.19. The fourth-order valence-electron chi connectivity index (χ4n) is 1.93. The second-order valence-corrected chi connectivity index (χ2v) is 10.9. The van der Waals surface area contributed by atoms with Crippen LogP contribution in [0.3, 0.4) is 0 Å². The average Bonchev–Trinajstić information content (AvgIpc) is 2.48. The van der Waals surface area contributed by atoms with Crippen LogP contribution in [0, 0.1) is 0 Å². The molecule has 0 bridgehead atoms. The predicted molar refractivity (Wildman–Crippen MR) is 91.3 cm³/mol. The van der Waals surface area contributed by atoms with Gasteiger partial charge in [-0.05, 0) is 23.4 Å². The predicted octanol–water partition coefficient (Wildman–Crippen LogP) is 2.72. The standard InChI is InChI=1S/C10H15NOSi.C7H6O2/c1-13(2,3)9-7-5-4-6-8(9)10(11)12;8-7(9)6-4-2-1-3-5-6/h4-7H,1-3H3,(H2,11,12);1-5H,(H,8,9). The summed E-state index contributed by atoms with van der Waals surface area (Å²) in [5.74, 6) is -1.20. The first-order valence-electron chi connectivity index (χ1n) is 6.91. The highest BCUT2D eigenvalue weighted by Crippen LogP contribution is 2.06. The minimum absolute atomic E-state index is 0.321. The fraction of sp³-hybridized carbons (Fsp3) is 0.176. The molecule has 0 spiro atoms. The number of carboxylic acids is 1. The number of benzene rings is 2. The van der Waals surface area contributed by atoms with Crippen LogP contribution in [0.15, 0.2) is 54.6 Å². The largest absolute Gasteiger partial charge is 0.478 e. The third-order valence-electron chi connectivity index (χ3n) is 3.02. The molecule has 2 aromatic carbocycles. The van der Waals surface area contributed by atoms with Gasteiger partial charge in [-0.1, -0.05) is 56.0 Å². The normalized spacial score (nSPS) is 10.3. The molecule has 0 fully saturated rings. The van der Waals surface area contributed by atoms with Crippen molar-refractivity contribution in [2.24, 2.45) is 5.73 Å². The average molecular weight is 315 g/mol. The maximum absolute atomic E-state index is 11.1. The summed E-state index contributed by atoms with van der Waals surface area (Å²) in [5.41, 5.74) is 6.31. The maximum atomic E-state index is 11.1. The van der Waals surface area contributed by atoms with Crippen LogP contribution < -0.4 is 10.9 Å². The summed E-state index contributed by atoms with van der Waals surface area (Å²) in [6.45, 7) is 6.61.